The molecule has 0 bridgehead atoms. The van der Waals surface area contributed by atoms with Crippen LogP contribution >= 0.6 is 12.2 Å². The van der Waals surface area contributed by atoms with E-state index in [0.29, 0.717) is 29.6 Å². The fraction of sp³-hybridized carbons (Fsp3) is 0.261. The van der Waals surface area contributed by atoms with Gasteiger partial charge in [0, 0.05) is 24.2 Å². The van der Waals surface area contributed by atoms with Gasteiger partial charge in [-0.1, -0.05) is 30.7 Å². The first-order chi connectivity index (χ1) is 14.0. The number of benzene rings is 2. The van der Waals surface area contributed by atoms with Gasteiger partial charge in [0.1, 0.15) is 11.9 Å². The van der Waals surface area contributed by atoms with Gasteiger partial charge in [-0.05, 0) is 67.9 Å². The Hall–Kier alpha value is -3.17. The second-order valence-corrected chi connectivity index (χ2v) is 7.41. The van der Waals surface area contributed by atoms with Crippen molar-refractivity contribution in [1.82, 2.24) is 10.3 Å². The van der Waals surface area contributed by atoms with Crippen LogP contribution < -0.4 is 16.0 Å². The molecule has 0 aliphatic heterocycles. The van der Waals surface area contributed by atoms with Crippen LogP contribution in [0.2, 0.25) is 0 Å². The summed E-state index contributed by atoms with van der Waals surface area (Å²) in [6.45, 7) is 7.43. The van der Waals surface area contributed by atoms with E-state index in [1.165, 1.54) is 11.1 Å². The molecule has 3 aromatic rings. The van der Waals surface area contributed by atoms with Gasteiger partial charge < -0.3 is 16.0 Å². The fourth-order valence-corrected chi connectivity index (χ4v) is 3.36. The number of nitriles is 1. The Labute approximate surface area is 177 Å². The van der Waals surface area contributed by atoms with E-state index in [-0.39, 0.29) is 0 Å². The van der Waals surface area contributed by atoms with Gasteiger partial charge in [0.15, 0.2) is 5.11 Å². The maximum Gasteiger partial charge on any atom is 0.170 e. The Balaban J connectivity index is 1.57. The molecule has 3 rings (SSSR count). The molecule has 29 heavy (non-hydrogen) atoms. The summed E-state index contributed by atoms with van der Waals surface area (Å²) in [5.74, 6) is 0.597. The molecule has 148 valence electrons. The first-order valence-corrected chi connectivity index (χ1v) is 10.1. The Kier molecular flexibility index (Phi) is 6.63. The van der Waals surface area contributed by atoms with Crippen molar-refractivity contribution < 1.29 is 0 Å². The third-order valence-electron chi connectivity index (χ3n) is 4.74. The monoisotopic (exact) mass is 403 g/mol. The topological polar surface area (TPSA) is 72.8 Å². The fourth-order valence-electron chi connectivity index (χ4n) is 3.14. The normalized spacial score (nSPS) is 10.4. The van der Waals surface area contributed by atoms with Crippen LogP contribution in [-0.2, 0) is 6.42 Å². The summed E-state index contributed by atoms with van der Waals surface area (Å²) in [5, 5.41) is 20.7. The highest BCUT2D eigenvalue weighted by Gasteiger charge is 2.07. The lowest BCUT2D eigenvalue weighted by Crippen LogP contribution is -2.32. The minimum absolute atomic E-state index is 0.543. The van der Waals surface area contributed by atoms with Crippen molar-refractivity contribution in [1.29, 1.82) is 5.26 Å². The number of rotatable bonds is 6. The van der Waals surface area contributed by atoms with Gasteiger partial charge in [-0.3, -0.25) is 0 Å². The molecule has 6 heteroatoms. The zero-order valence-electron chi connectivity index (χ0n) is 17.0. The number of thiocarbonyl (C=S) groups is 1. The SMILES string of the molecule is CCc1ccc2nc(NCCNC(=S)Nc3ccc(C)cc3C)c(C#N)cc2c1. The highest BCUT2D eigenvalue weighted by molar-refractivity contribution is 7.80. The molecule has 0 unspecified atom stereocenters. The van der Waals surface area contributed by atoms with E-state index in [2.05, 4.69) is 72.0 Å². The van der Waals surface area contributed by atoms with Gasteiger partial charge in [0.2, 0.25) is 0 Å². The quantitative estimate of drug-likeness (QED) is 0.410. The molecular weight excluding hydrogens is 378 g/mol. The number of nitrogens with zero attached hydrogens (tertiary/aromatic N) is 2. The van der Waals surface area contributed by atoms with Crippen molar-refractivity contribution in [2.75, 3.05) is 23.7 Å². The number of fused-ring (bicyclic) bond motifs is 1. The van der Waals surface area contributed by atoms with E-state index >= 15 is 0 Å². The molecule has 0 aliphatic carbocycles. The van der Waals surface area contributed by atoms with Gasteiger partial charge >= 0.3 is 0 Å². The minimum atomic E-state index is 0.543. The van der Waals surface area contributed by atoms with Crippen LogP contribution in [0, 0.1) is 25.2 Å². The molecule has 5 nitrogen and oxygen atoms in total. The smallest absolute Gasteiger partial charge is 0.170 e. The Morgan fingerprint density at radius 1 is 1.10 bits per heavy atom. The van der Waals surface area contributed by atoms with Crippen molar-refractivity contribution >= 4 is 39.7 Å². The van der Waals surface area contributed by atoms with Crippen LogP contribution in [0.4, 0.5) is 11.5 Å². The van der Waals surface area contributed by atoms with Crippen LogP contribution in [0.1, 0.15) is 29.2 Å². The molecule has 0 radical (unpaired) electrons. The van der Waals surface area contributed by atoms with Crippen molar-refractivity contribution in [3.8, 4) is 6.07 Å². The van der Waals surface area contributed by atoms with Crippen molar-refractivity contribution in [2.24, 2.45) is 0 Å². The highest BCUT2D eigenvalue weighted by atomic mass is 32.1. The summed E-state index contributed by atoms with van der Waals surface area (Å²) in [6.07, 6.45) is 0.958. The molecule has 2 aromatic carbocycles. The average molecular weight is 404 g/mol. The molecule has 0 aliphatic rings. The second-order valence-electron chi connectivity index (χ2n) is 7.00. The molecule has 0 saturated heterocycles. The number of anilines is 2. The largest absolute Gasteiger partial charge is 0.367 e. The lowest BCUT2D eigenvalue weighted by atomic mass is 10.1. The van der Waals surface area contributed by atoms with Gasteiger partial charge in [0.05, 0.1) is 11.1 Å². The molecule has 0 amide bonds. The summed E-state index contributed by atoms with van der Waals surface area (Å²) in [4.78, 5) is 4.62. The molecule has 1 heterocycles. The molecule has 0 saturated carbocycles. The van der Waals surface area contributed by atoms with E-state index in [9.17, 15) is 5.26 Å². The summed E-state index contributed by atoms with van der Waals surface area (Å²) >= 11 is 5.38. The van der Waals surface area contributed by atoms with Crippen molar-refractivity contribution in [3.63, 3.8) is 0 Å². The van der Waals surface area contributed by atoms with Crippen molar-refractivity contribution in [3.05, 3.63) is 64.7 Å². The number of nitrogens with one attached hydrogen (secondary N) is 3. The van der Waals surface area contributed by atoms with Crippen LogP contribution in [0.15, 0.2) is 42.5 Å². The van der Waals surface area contributed by atoms with Gasteiger partial charge in [-0.15, -0.1) is 0 Å². The van der Waals surface area contributed by atoms with E-state index in [1.54, 1.807) is 0 Å². The number of hydrogen-bond acceptors (Lipinski definition) is 4. The second kappa shape index (κ2) is 9.35. The molecule has 3 N–H and O–H groups in total. The lowest BCUT2D eigenvalue weighted by Gasteiger charge is -2.14. The number of pyridine rings is 1. The van der Waals surface area contributed by atoms with Gasteiger partial charge in [-0.2, -0.15) is 5.26 Å². The molecule has 0 atom stereocenters. The van der Waals surface area contributed by atoms with E-state index in [0.717, 1.165) is 28.6 Å². The van der Waals surface area contributed by atoms with Gasteiger partial charge in [-0.25, -0.2) is 4.98 Å². The zero-order valence-corrected chi connectivity index (χ0v) is 17.8. The molecule has 0 spiro atoms. The Morgan fingerprint density at radius 2 is 1.93 bits per heavy atom. The van der Waals surface area contributed by atoms with Crippen LogP contribution in [0.25, 0.3) is 10.9 Å². The number of hydrogen-bond donors (Lipinski definition) is 3. The standard InChI is InChI=1S/C23H25N5S/c1-4-17-6-8-21-18(12-17)13-19(14-24)22(27-21)25-9-10-26-23(29)28-20-7-5-15(2)11-16(20)3/h5-8,11-13H,4,9-10H2,1-3H3,(H,25,27)(H2,26,28,29). The van der Waals surface area contributed by atoms with E-state index in [4.69, 9.17) is 12.2 Å². The predicted molar refractivity (Wildman–Crippen MR) is 124 cm³/mol. The summed E-state index contributed by atoms with van der Waals surface area (Å²) in [5.41, 5.74) is 6.02. The first-order valence-electron chi connectivity index (χ1n) is 9.70. The maximum atomic E-state index is 9.48. The van der Waals surface area contributed by atoms with E-state index in [1.807, 2.05) is 18.2 Å². The predicted octanol–water partition coefficient (Wildman–Crippen LogP) is 4.68. The van der Waals surface area contributed by atoms with Crippen LogP contribution in [0.5, 0.6) is 0 Å². The third kappa shape index (κ3) is 5.21. The minimum Gasteiger partial charge on any atom is -0.367 e. The molecular formula is C23H25N5S. The summed E-state index contributed by atoms with van der Waals surface area (Å²) in [7, 11) is 0. The number of aryl methyl sites for hydroxylation is 3. The molecule has 1 aromatic heterocycles. The summed E-state index contributed by atoms with van der Waals surface area (Å²) in [6, 6.07) is 16.5. The number of aromatic nitrogens is 1. The first kappa shape index (κ1) is 20.6. The van der Waals surface area contributed by atoms with Crippen LogP contribution in [-0.4, -0.2) is 23.2 Å². The third-order valence-corrected chi connectivity index (χ3v) is 4.99. The summed E-state index contributed by atoms with van der Waals surface area (Å²) < 4.78 is 0. The lowest BCUT2D eigenvalue weighted by molar-refractivity contribution is 0.911. The highest BCUT2D eigenvalue weighted by Crippen LogP contribution is 2.21. The van der Waals surface area contributed by atoms with Gasteiger partial charge in [0.25, 0.3) is 0 Å². The Bertz CT molecular complexity index is 1080. The molecule has 0 fully saturated rings. The average Bonchev–Trinajstić information content (AvgIpc) is 2.72. The van der Waals surface area contributed by atoms with E-state index < -0.39 is 0 Å². The van der Waals surface area contributed by atoms with Crippen LogP contribution in [0.3, 0.4) is 0 Å². The maximum absolute atomic E-state index is 9.48. The Morgan fingerprint density at radius 3 is 2.66 bits per heavy atom. The van der Waals surface area contributed by atoms with Crippen molar-refractivity contribution in [2.45, 2.75) is 27.2 Å². The zero-order chi connectivity index (χ0) is 20.8.